The van der Waals surface area contributed by atoms with Crippen LogP contribution in [0.2, 0.25) is 0 Å². The minimum Gasteiger partial charge on any atom is -0.356 e. The minimum absolute atomic E-state index is 0. The van der Waals surface area contributed by atoms with Crippen LogP contribution in [-0.2, 0) is 13.6 Å². The van der Waals surface area contributed by atoms with E-state index in [4.69, 9.17) is 0 Å². The van der Waals surface area contributed by atoms with Crippen molar-refractivity contribution >= 4 is 29.9 Å². The predicted octanol–water partition coefficient (Wildman–Crippen LogP) is 2.06. The Kier molecular flexibility index (Phi) is 11.0. The zero-order valence-corrected chi connectivity index (χ0v) is 18.3. The van der Waals surface area contributed by atoms with E-state index >= 15 is 0 Å². The summed E-state index contributed by atoms with van der Waals surface area (Å²) in [6.07, 6.45) is 6.38. The highest BCUT2D eigenvalue weighted by Crippen LogP contribution is 2.07. The molecule has 1 saturated heterocycles. The summed E-state index contributed by atoms with van der Waals surface area (Å²) in [6, 6.07) is 0. The van der Waals surface area contributed by atoms with Crippen LogP contribution in [0.4, 0.5) is 0 Å². The van der Waals surface area contributed by atoms with Gasteiger partial charge in [0.25, 0.3) is 0 Å². The first-order chi connectivity index (χ1) is 11.7. The van der Waals surface area contributed by atoms with Crippen molar-refractivity contribution in [1.29, 1.82) is 0 Å². The number of unbranched alkanes of at least 4 members (excludes halogenated alkanes) is 1. The van der Waals surface area contributed by atoms with Gasteiger partial charge in [0.2, 0.25) is 0 Å². The summed E-state index contributed by atoms with van der Waals surface area (Å²) < 4.78 is 1.99. The summed E-state index contributed by atoms with van der Waals surface area (Å²) in [5, 5.41) is 15.1. The quantitative estimate of drug-likeness (QED) is 0.267. The van der Waals surface area contributed by atoms with E-state index in [0.29, 0.717) is 6.54 Å². The molecule has 1 aliphatic heterocycles. The zero-order chi connectivity index (χ0) is 17.2. The number of nitrogens with one attached hydrogen (secondary N) is 2. The third kappa shape index (κ3) is 7.89. The molecule has 0 aromatic carbocycles. The Morgan fingerprint density at radius 3 is 2.48 bits per heavy atom. The average molecular weight is 463 g/mol. The number of guanidine groups is 1. The maximum Gasteiger partial charge on any atom is 0.191 e. The maximum atomic E-state index is 4.68. The van der Waals surface area contributed by atoms with Crippen LogP contribution < -0.4 is 10.6 Å². The van der Waals surface area contributed by atoms with Gasteiger partial charge in [0, 0.05) is 26.7 Å². The first-order valence-electron chi connectivity index (χ1n) is 9.30. The average Bonchev–Trinajstić information content (AvgIpc) is 2.92. The summed E-state index contributed by atoms with van der Waals surface area (Å²) in [5.74, 6) is 2.68. The number of hydrogen-bond donors (Lipinski definition) is 2. The van der Waals surface area contributed by atoms with Crippen molar-refractivity contribution in [2.45, 2.75) is 52.5 Å². The summed E-state index contributed by atoms with van der Waals surface area (Å²) in [5.41, 5.74) is 0. The molecule has 0 amide bonds. The zero-order valence-electron chi connectivity index (χ0n) is 15.9. The minimum atomic E-state index is 0. The van der Waals surface area contributed by atoms with E-state index in [2.05, 4.69) is 37.6 Å². The summed E-state index contributed by atoms with van der Waals surface area (Å²) in [4.78, 5) is 7.21. The molecule has 144 valence electrons. The van der Waals surface area contributed by atoms with Gasteiger partial charge >= 0.3 is 0 Å². The number of aryl methyl sites for hydroxylation is 1. The van der Waals surface area contributed by atoms with Gasteiger partial charge in [-0.2, -0.15) is 0 Å². The van der Waals surface area contributed by atoms with E-state index in [0.717, 1.165) is 43.7 Å². The molecule has 8 heteroatoms. The molecule has 1 fully saturated rings. The van der Waals surface area contributed by atoms with E-state index in [-0.39, 0.29) is 24.0 Å². The lowest BCUT2D eigenvalue weighted by Gasteiger charge is -2.26. The van der Waals surface area contributed by atoms with E-state index < -0.39 is 0 Å². The summed E-state index contributed by atoms with van der Waals surface area (Å²) in [7, 11) is 1.98. The SMILES string of the molecule is CCCCNC(=NCc1nnc(C)n1C)NCCN1CCCCC1.I. The van der Waals surface area contributed by atoms with Crippen molar-refractivity contribution < 1.29 is 0 Å². The fraction of sp³-hybridized carbons (Fsp3) is 0.824. The number of hydrogen-bond acceptors (Lipinski definition) is 4. The molecule has 0 saturated carbocycles. The predicted molar refractivity (Wildman–Crippen MR) is 113 cm³/mol. The van der Waals surface area contributed by atoms with Crippen LogP contribution in [0, 0.1) is 6.92 Å². The van der Waals surface area contributed by atoms with Crippen LogP contribution in [-0.4, -0.2) is 58.3 Å². The summed E-state index contributed by atoms with van der Waals surface area (Å²) >= 11 is 0. The highest BCUT2D eigenvalue weighted by atomic mass is 127. The van der Waals surface area contributed by atoms with Gasteiger partial charge in [-0.1, -0.05) is 19.8 Å². The number of halogens is 1. The third-order valence-electron chi connectivity index (χ3n) is 4.55. The van der Waals surface area contributed by atoms with Gasteiger partial charge in [0.15, 0.2) is 11.8 Å². The number of aromatic nitrogens is 3. The van der Waals surface area contributed by atoms with Crippen LogP contribution in [0.25, 0.3) is 0 Å². The number of rotatable bonds is 8. The Hall–Kier alpha value is -0.900. The molecular formula is C17H34IN7. The van der Waals surface area contributed by atoms with Crippen molar-refractivity contribution in [3.8, 4) is 0 Å². The second kappa shape index (κ2) is 12.5. The molecule has 1 aliphatic rings. The Morgan fingerprint density at radius 2 is 1.84 bits per heavy atom. The van der Waals surface area contributed by atoms with Crippen LogP contribution in [0.1, 0.15) is 50.7 Å². The maximum absolute atomic E-state index is 4.68. The molecule has 1 aromatic heterocycles. The number of piperidine rings is 1. The van der Waals surface area contributed by atoms with Crippen LogP contribution in [0.3, 0.4) is 0 Å². The fourth-order valence-corrected chi connectivity index (χ4v) is 2.81. The molecule has 2 N–H and O–H groups in total. The van der Waals surface area contributed by atoms with Gasteiger partial charge in [0.05, 0.1) is 0 Å². The third-order valence-corrected chi connectivity index (χ3v) is 4.55. The lowest BCUT2D eigenvalue weighted by molar-refractivity contribution is 0.232. The van der Waals surface area contributed by atoms with E-state index in [1.165, 1.54) is 38.8 Å². The topological polar surface area (TPSA) is 70.4 Å². The molecule has 1 aromatic rings. The van der Waals surface area contributed by atoms with Crippen LogP contribution in [0.5, 0.6) is 0 Å². The van der Waals surface area contributed by atoms with Gasteiger partial charge < -0.3 is 20.1 Å². The molecule has 0 aliphatic carbocycles. The molecular weight excluding hydrogens is 429 g/mol. The lowest BCUT2D eigenvalue weighted by Crippen LogP contribution is -2.43. The second-order valence-corrected chi connectivity index (χ2v) is 6.50. The lowest BCUT2D eigenvalue weighted by atomic mass is 10.1. The van der Waals surface area contributed by atoms with Crippen molar-refractivity contribution in [1.82, 2.24) is 30.3 Å². The Morgan fingerprint density at radius 1 is 1.12 bits per heavy atom. The van der Waals surface area contributed by atoms with Crippen molar-refractivity contribution in [2.24, 2.45) is 12.0 Å². The Labute approximate surface area is 169 Å². The van der Waals surface area contributed by atoms with Crippen molar-refractivity contribution in [2.75, 3.05) is 32.7 Å². The first kappa shape index (κ1) is 22.1. The van der Waals surface area contributed by atoms with Gasteiger partial charge in [-0.15, -0.1) is 34.2 Å². The van der Waals surface area contributed by atoms with E-state index in [1.54, 1.807) is 0 Å². The first-order valence-corrected chi connectivity index (χ1v) is 9.30. The van der Waals surface area contributed by atoms with Crippen LogP contribution >= 0.6 is 24.0 Å². The van der Waals surface area contributed by atoms with E-state index in [9.17, 15) is 0 Å². The second-order valence-electron chi connectivity index (χ2n) is 6.50. The normalized spacial score (nSPS) is 15.7. The molecule has 2 heterocycles. The monoisotopic (exact) mass is 463 g/mol. The highest BCUT2D eigenvalue weighted by molar-refractivity contribution is 14.0. The highest BCUT2D eigenvalue weighted by Gasteiger charge is 2.10. The number of nitrogens with zero attached hydrogens (tertiary/aromatic N) is 5. The number of likely N-dealkylation sites (tertiary alicyclic amines) is 1. The Bertz CT molecular complexity index is 509. The van der Waals surface area contributed by atoms with Gasteiger partial charge in [0.1, 0.15) is 12.4 Å². The van der Waals surface area contributed by atoms with Crippen molar-refractivity contribution in [3.05, 3.63) is 11.6 Å². The van der Waals surface area contributed by atoms with Gasteiger partial charge in [-0.25, -0.2) is 4.99 Å². The molecule has 0 radical (unpaired) electrons. The standard InChI is InChI=1S/C17H33N7.HI/c1-4-5-9-18-17(19-10-13-24-11-7-6-8-12-24)20-14-16-22-21-15(2)23(16)3;/h4-14H2,1-3H3,(H2,18,19,20);1H. The number of aliphatic imine (C=N–C) groups is 1. The van der Waals surface area contributed by atoms with Gasteiger partial charge in [-0.3, -0.25) is 0 Å². The largest absolute Gasteiger partial charge is 0.356 e. The smallest absolute Gasteiger partial charge is 0.191 e. The van der Waals surface area contributed by atoms with Crippen molar-refractivity contribution in [3.63, 3.8) is 0 Å². The Balaban J connectivity index is 0.00000312. The molecule has 0 bridgehead atoms. The van der Waals surface area contributed by atoms with Crippen LogP contribution in [0.15, 0.2) is 4.99 Å². The summed E-state index contributed by atoms with van der Waals surface area (Å²) in [6.45, 7) is 10.1. The molecule has 2 rings (SSSR count). The fourth-order valence-electron chi connectivity index (χ4n) is 2.81. The molecule has 0 atom stereocenters. The molecule has 7 nitrogen and oxygen atoms in total. The molecule has 25 heavy (non-hydrogen) atoms. The van der Waals surface area contributed by atoms with Gasteiger partial charge in [-0.05, 0) is 39.3 Å². The van der Waals surface area contributed by atoms with E-state index in [1.807, 2.05) is 18.5 Å². The molecule has 0 spiro atoms. The molecule has 0 unspecified atom stereocenters.